The molecule has 0 fully saturated rings. The van der Waals surface area contributed by atoms with E-state index in [4.69, 9.17) is 0 Å². The van der Waals surface area contributed by atoms with Crippen LogP contribution in [-0.4, -0.2) is 19.5 Å². The van der Waals surface area contributed by atoms with Gasteiger partial charge in [0.05, 0.1) is 0 Å². The molecule has 0 saturated heterocycles. The number of hydrogen-bond donors (Lipinski definition) is 1. The monoisotopic (exact) mass is 304 g/mol. The van der Waals surface area contributed by atoms with E-state index in [1.807, 2.05) is 24.3 Å². The smallest absolute Gasteiger partial charge is 0.277 e. The quantitative estimate of drug-likeness (QED) is 0.749. The fraction of sp³-hybridized carbons (Fsp3) is 0.0833. The van der Waals surface area contributed by atoms with Crippen molar-refractivity contribution in [1.29, 1.82) is 0 Å². The zero-order valence-corrected chi connectivity index (χ0v) is 11.1. The first kappa shape index (κ1) is 11.2. The van der Waals surface area contributed by atoms with Gasteiger partial charge in [0.2, 0.25) is 0 Å². The SMILES string of the molecule is Cc1nc2ncn(-c3cccc(Br)c3)c2c(=O)[nH]1. The number of aryl methyl sites for hydroxylation is 1. The van der Waals surface area contributed by atoms with Crippen LogP contribution in [0.25, 0.3) is 16.9 Å². The first-order valence-corrected chi connectivity index (χ1v) is 6.14. The predicted molar refractivity (Wildman–Crippen MR) is 71.9 cm³/mol. The average Bonchev–Trinajstić information content (AvgIpc) is 2.72. The van der Waals surface area contributed by atoms with Crippen molar-refractivity contribution in [1.82, 2.24) is 19.5 Å². The third-order valence-corrected chi connectivity index (χ3v) is 3.11. The molecule has 0 saturated carbocycles. The van der Waals surface area contributed by atoms with Gasteiger partial charge in [-0.05, 0) is 25.1 Å². The topological polar surface area (TPSA) is 63.6 Å². The van der Waals surface area contributed by atoms with E-state index in [1.165, 1.54) is 0 Å². The van der Waals surface area contributed by atoms with Gasteiger partial charge in [0.25, 0.3) is 5.56 Å². The number of imidazole rings is 1. The highest BCUT2D eigenvalue weighted by Gasteiger charge is 2.10. The van der Waals surface area contributed by atoms with E-state index >= 15 is 0 Å². The summed E-state index contributed by atoms with van der Waals surface area (Å²) >= 11 is 3.41. The van der Waals surface area contributed by atoms with Crippen LogP contribution in [0.3, 0.4) is 0 Å². The predicted octanol–water partition coefficient (Wildman–Crippen LogP) is 2.18. The largest absolute Gasteiger partial charge is 0.309 e. The Balaban J connectivity index is 2.34. The minimum Gasteiger partial charge on any atom is -0.309 e. The number of aromatic nitrogens is 4. The standard InChI is InChI=1S/C12H9BrN4O/c1-7-15-11-10(12(18)16-7)17(6-14-11)9-4-2-3-8(13)5-9/h2-6H,1H3,(H,15,16,18). The molecule has 0 radical (unpaired) electrons. The molecule has 0 unspecified atom stereocenters. The van der Waals surface area contributed by atoms with Crippen molar-refractivity contribution in [2.24, 2.45) is 0 Å². The van der Waals surface area contributed by atoms with Crippen LogP contribution in [0.5, 0.6) is 0 Å². The number of halogens is 1. The van der Waals surface area contributed by atoms with Crippen LogP contribution >= 0.6 is 15.9 Å². The number of benzene rings is 1. The summed E-state index contributed by atoms with van der Waals surface area (Å²) in [5.74, 6) is 0.562. The van der Waals surface area contributed by atoms with Crippen molar-refractivity contribution in [3.63, 3.8) is 0 Å². The number of aromatic amines is 1. The first-order chi connectivity index (χ1) is 8.65. The third kappa shape index (κ3) is 1.74. The van der Waals surface area contributed by atoms with Gasteiger partial charge >= 0.3 is 0 Å². The Hall–Kier alpha value is -1.95. The van der Waals surface area contributed by atoms with Crippen LogP contribution in [0.15, 0.2) is 39.9 Å². The minimum absolute atomic E-state index is 0.185. The first-order valence-electron chi connectivity index (χ1n) is 5.35. The number of H-pyrrole nitrogens is 1. The van der Waals surface area contributed by atoms with E-state index in [9.17, 15) is 4.79 Å². The molecular weight excluding hydrogens is 296 g/mol. The Bertz CT molecular complexity index is 790. The van der Waals surface area contributed by atoms with Gasteiger partial charge < -0.3 is 4.98 Å². The summed E-state index contributed by atoms with van der Waals surface area (Å²) in [6.45, 7) is 1.74. The zero-order chi connectivity index (χ0) is 12.7. The lowest BCUT2D eigenvalue weighted by Crippen LogP contribution is -2.12. The van der Waals surface area contributed by atoms with Crippen molar-refractivity contribution in [2.45, 2.75) is 6.92 Å². The van der Waals surface area contributed by atoms with Gasteiger partial charge in [-0.1, -0.05) is 22.0 Å². The fourth-order valence-corrected chi connectivity index (χ4v) is 2.25. The molecule has 2 heterocycles. The lowest BCUT2D eigenvalue weighted by molar-refractivity contribution is 1.03. The van der Waals surface area contributed by atoms with Gasteiger partial charge in [-0.3, -0.25) is 9.36 Å². The summed E-state index contributed by atoms with van der Waals surface area (Å²) in [4.78, 5) is 23.0. The molecule has 0 aliphatic rings. The second kappa shape index (κ2) is 4.06. The Morgan fingerprint density at radius 1 is 1.39 bits per heavy atom. The van der Waals surface area contributed by atoms with E-state index in [0.717, 1.165) is 10.2 Å². The molecule has 90 valence electrons. The molecule has 18 heavy (non-hydrogen) atoms. The summed E-state index contributed by atoms with van der Waals surface area (Å²) in [5.41, 5.74) is 1.59. The molecule has 1 aromatic carbocycles. The molecule has 0 atom stereocenters. The molecule has 1 N–H and O–H groups in total. The molecule has 5 nitrogen and oxygen atoms in total. The maximum Gasteiger partial charge on any atom is 0.277 e. The molecule has 0 aliphatic carbocycles. The lowest BCUT2D eigenvalue weighted by Gasteiger charge is -2.03. The number of fused-ring (bicyclic) bond motifs is 1. The van der Waals surface area contributed by atoms with Crippen LogP contribution in [0.4, 0.5) is 0 Å². The molecule has 0 bridgehead atoms. The number of nitrogens with one attached hydrogen (secondary N) is 1. The van der Waals surface area contributed by atoms with Crippen molar-refractivity contribution in [2.75, 3.05) is 0 Å². The van der Waals surface area contributed by atoms with Crippen molar-refractivity contribution in [3.05, 3.63) is 51.2 Å². The number of hydrogen-bond acceptors (Lipinski definition) is 3. The second-order valence-corrected chi connectivity index (χ2v) is 4.83. The molecule has 0 aliphatic heterocycles. The van der Waals surface area contributed by atoms with Crippen LogP contribution in [-0.2, 0) is 0 Å². The normalized spacial score (nSPS) is 11.0. The molecular formula is C12H9BrN4O. The zero-order valence-electron chi connectivity index (χ0n) is 9.51. The van der Waals surface area contributed by atoms with Crippen molar-refractivity contribution < 1.29 is 0 Å². The summed E-state index contributed by atoms with van der Waals surface area (Å²) in [6.07, 6.45) is 1.61. The number of nitrogens with zero attached hydrogens (tertiary/aromatic N) is 3. The Labute approximate surface area is 111 Å². The fourth-order valence-electron chi connectivity index (χ4n) is 1.86. The Kier molecular flexibility index (Phi) is 2.52. The number of rotatable bonds is 1. The van der Waals surface area contributed by atoms with Crippen LogP contribution in [0, 0.1) is 6.92 Å². The van der Waals surface area contributed by atoms with Gasteiger partial charge in [0.1, 0.15) is 12.2 Å². The van der Waals surface area contributed by atoms with Gasteiger partial charge in [0, 0.05) is 10.2 Å². The molecule has 3 rings (SSSR count). The summed E-state index contributed by atoms with van der Waals surface area (Å²) in [7, 11) is 0. The Morgan fingerprint density at radius 3 is 3.00 bits per heavy atom. The van der Waals surface area contributed by atoms with Gasteiger partial charge in [-0.2, -0.15) is 0 Å². The van der Waals surface area contributed by atoms with E-state index in [0.29, 0.717) is 17.0 Å². The highest BCUT2D eigenvalue weighted by molar-refractivity contribution is 9.10. The highest BCUT2D eigenvalue weighted by atomic mass is 79.9. The summed E-state index contributed by atoms with van der Waals surface area (Å²) in [6, 6.07) is 7.65. The van der Waals surface area contributed by atoms with Crippen LogP contribution in [0.1, 0.15) is 5.82 Å². The lowest BCUT2D eigenvalue weighted by atomic mass is 10.3. The van der Waals surface area contributed by atoms with Crippen LogP contribution < -0.4 is 5.56 Å². The van der Waals surface area contributed by atoms with Gasteiger partial charge in [-0.15, -0.1) is 0 Å². The second-order valence-electron chi connectivity index (χ2n) is 3.92. The maximum atomic E-state index is 12.0. The van der Waals surface area contributed by atoms with E-state index < -0.39 is 0 Å². The molecule has 0 amide bonds. The van der Waals surface area contributed by atoms with Crippen LogP contribution in [0.2, 0.25) is 0 Å². The summed E-state index contributed by atoms with van der Waals surface area (Å²) < 4.78 is 2.67. The molecule has 6 heteroatoms. The highest BCUT2D eigenvalue weighted by Crippen LogP contribution is 2.18. The van der Waals surface area contributed by atoms with E-state index in [1.54, 1.807) is 17.8 Å². The molecule has 0 spiro atoms. The maximum absolute atomic E-state index is 12.0. The van der Waals surface area contributed by atoms with E-state index in [2.05, 4.69) is 30.9 Å². The average molecular weight is 305 g/mol. The molecule has 2 aromatic heterocycles. The Morgan fingerprint density at radius 2 is 2.22 bits per heavy atom. The van der Waals surface area contributed by atoms with Crippen molar-refractivity contribution in [3.8, 4) is 5.69 Å². The third-order valence-electron chi connectivity index (χ3n) is 2.62. The van der Waals surface area contributed by atoms with Crippen molar-refractivity contribution >= 4 is 27.1 Å². The van der Waals surface area contributed by atoms with Gasteiger partial charge in [-0.25, -0.2) is 9.97 Å². The summed E-state index contributed by atoms with van der Waals surface area (Å²) in [5, 5.41) is 0. The van der Waals surface area contributed by atoms with Gasteiger partial charge in [0.15, 0.2) is 11.2 Å². The molecule has 3 aromatic rings. The van der Waals surface area contributed by atoms with E-state index in [-0.39, 0.29) is 5.56 Å². The minimum atomic E-state index is -0.185.